The summed E-state index contributed by atoms with van der Waals surface area (Å²) in [4.78, 5) is 14.1. The Labute approximate surface area is 115 Å². The smallest absolute Gasteiger partial charge is 0.238 e. The molecule has 1 aromatic rings. The average molecular weight is 316 g/mol. The molecule has 18 heavy (non-hydrogen) atoms. The van der Waals surface area contributed by atoms with Crippen LogP contribution in [0, 0.1) is 0 Å². The normalized spacial score (nSPS) is 20.9. The van der Waals surface area contributed by atoms with Crippen molar-refractivity contribution < 1.29 is 9.21 Å². The van der Waals surface area contributed by atoms with Gasteiger partial charge in [-0.1, -0.05) is 0 Å². The van der Waals surface area contributed by atoms with Crippen LogP contribution in [-0.4, -0.2) is 43.0 Å². The van der Waals surface area contributed by atoms with Crippen LogP contribution in [0.25, 0.3) is 0 Å². The van der Waals surface area contributed by atoms with Crippen LogP contribution in [0.3, 0.4) is 0 Å². The molecule has 0 bridgehead atoms. The second-order valence-electron chi connectivity index (χ2n) is 4.28. The third-order valence-corrected chi connectivity index (χ3v) is 3.75. The number of halogens is 1. The topological polar surface area (TPSA) is 57.5 Å². The molecular weight excluding hydrogens is 298 g/mol. The number of nitrogens with zero attached hydrogens (tertiary/aromatic N) is 1. The van der Waals surface area contributed by atoms with Gasteiger partial charge in [-0.2, -0.15) is 0 Å². The lowest BCUT2D eigenvalue weighted by molar-refractivity contribution is -0.127. The third-order valence-electron chi connectivity index (χ3n) is 3.05. The highest BCUT2D eigenvalue weighted by molar-refractivity contribution is 9.10. The molecule has 0 aromatic carbocycles. The molecule has 0 spiro atoms. The average Bonchev–Trinajstić information content (AvgIpc) is 2.76. The van der Waals surface area contributed by atoms with E-state index in [0.29, 0.717) is 19.6 Å². The molecule has 1 aliphatic heterocycles. The van der Waals surface area contributed by atoms with Crippen molar-refractivity contribution in [3.05, 3.63) is 22.6 Å². The van der Waals surface area contributed by atoms with E-state index in [1.807, 2.05) is 13.0 Å². The van der Waals surface area contributed by atoms with Gasteiger partial charge >= 0.3 is 0 Å². The fourth-order valence-electron chi connectivity index (χ4n) is 2.11. The first kappa shape index (κ1) is 13.6. The van der Waals surface area contributed by atoms with E-state index in [4.69, 9.17) is 4.42 Å². The third kappa shape index (κ3) is 3.13. The lowest BCUT2D eigenvalue weighted by Crippen LogP contribution is -2.57. The number of piperazine rings is 1. The van der Waals surface area contributed by atoms with Gasteiger partial charge in [-0.25, -0.2) is 0 Å². The lowest BCUT2D eigenvalue weighted by atomic mass is 10.1. The van der Waals surface area contributed by atoms with Crippen LogP contribution in [0.2, 0.25) is 0 Å². The molecule has 2 rings (SSSR count). The van der Waals surface area contributed by atoms with Crippen LogP contribution in [0.4, 0.5) is 0 Å². The van der Waals surface area contributed by atoms with Crippen molar-refractivity contribution in [3.63, 3.8) is 0 Å². The molecule has 1 unspecified atom stereocenters. The Balaban J connectivity index is 2.04. The predicted molar refractivity (Wildman–Crippen MR) is 72.2 cm³/mol. The van der Waals surface area contributed by atoms with Crippen LogP contribution < -0.4 is 10.6 Å². The molecule has 1 aromatic heterocycles. The number of furan rings is 1. The maximum absolute atomic E-state index is 12.0. The van der Waals surface area contributed by atoms with Crippen LogP contribution in [0.1, 0.15) is 12.7 Å². The first-order valence-corrected chi connectivity index (χ1v) is 6.96. The zero-order valence-corrected chi connectivity index (χ0v) is 12.0. The Morgan fingerprint density at radius 2 is 2.56 bits per heavy atom. The minimum Gasteiger partial charge on any atom is -0.467 e. The molecule has 1 atom stereocenters. The first-order valence-electron chi connectivity index (χ1n) is 6.16. The molecule has 1 aliphatic rings. The quantitative estimate of drug-likeness (QED) is 0.868. The van der Waals surface area contributed by atoms with Gasteiger partial charge in [-0.05, 0) is 28.9 Å². The van der Waals surface area contributed by atoms with Gasteiger partial charge in [0.15, 0.2) is 0 Å². The molecule has 1 fully saturated rings. The fraction of sp³-hybridized carbons (Fsp3) is 0.583. The summed E-state index contributed by atoms with van der Waals surface area (Å²) in [6.45, 7) is 5.67. The minimum absolute atomic E-state index is 0.0763. The summed E-state index contributed by atoms with van der Waals surface area (Å²) in [7, 11) is 0. The van der Waals surface area contributed by atoms with E-state index in [1.165, 1.54) is 0 Å². The number of hydrogen-bond donors (Lipinski definition) is 2. The van der Waals surface area contributed by atoms with Gasteiger partial charge in [0.05, 0.1) is 17.3 Å². The number of amides is 1. The maximum atomic E-state index is 12.0. The maximum Gasteiger partial charge on any atom is 0.238 e. The number of likely N-dealkylation sites (N-methyl/N-ethyl adjacent to an activating group) is 1. The molecular formula is C12H18BrN3O2. The number of hydrogen-bond acceptors (Lipinski definition) is 4. The molecule has 2 heterocycles. The van der Waals surface area contributed by atoms with Crippen LogP contribution in [0.15, 0.2) is 21.2 Å². The number of rotatable bonds is 4. The van der Waals surface area contributed by atoms with Crippen molar-refractivity contribution >= 4 is 21.8 Å². The van der Waals surface area contributed by atoms with E-state index >= 15 is 0 Å². The summed E-state index contributed by atoms with van der Waals surface area (Å²) >= 11 is 3.44. The Hall–Kier alpha value is -0.850. The van der Waals surface area contributed by atoms with Crippen LogP contribution in [-0.2, 0) is 11.3 Å². The van der Waals surface area contributed by atoms with E-state index < -0.39 is 0 Å². The second kappa shape index (κ2) is 6.36. The molecule has 100 valence electrons. The van der Waals surface area contributed by atoms with Crippen molar-refractivity contribution in [1.82, 2.24) is 15.5 Å². The molecule has 1 amide bonds. The SMILES string of the molecule is CCNC(=O)C1CNCCN1Cc1occc1Br. The fourth-order valence-corrected chi connectivity index (χ4v) is 2.44. The Morgan fingerprint density at radius 1 is 1.72 bits per heavy atom. The summed E-state index contributed by atoms with van der Waals surface area (Å²) in [5, 5.41) is 6.13. The highest BCUT2D eigenvalue weighted by Crippen LogP contribution is 2.20. The van der Waals surface area contributed by atoms with E-state index in [2.05, 4.69) is 31.5 Å². The summed E-state index contributed by atoms with van der Waals surface area (Å²) in [5.74, 6) is 0.943. The zero-order valence-electron chi connectivity index (χ0n) is 10.4. The van der Waals surface area contributed by atoms with Crippen LogP contribution in [0.5, 0.6) is 0 Å². The molecule has 0 saturated carbocycles. The summed E-state index contributed by atoms with van der Waals surface area (Å²) in [6.07, 6.45) is 1.66. The van der Waals surface area contributed by atoms with E-state index in [1.54, 1.807) is 6.26 Å². The van der Waals surface area contributed by atoms with Gasteiger partial charge in [0.1, 0.15) is 11.8 Å². The van der Waals surface area contributed by atoms with E-state index in [-0.39, 0.29) is 11.9 Å². The molecule has 5 nitrogen and oxygen atoms in total. The van der Waals surface area contributed by atoms with Gasteiger partial charge in [0, 0.05) is 26.2 Å². The van der Waals surface area contributed by atoms with Crippen molar-refractivity contribution in [2.75, 3.05) is 26.2 Å². The Morgan fingerprint density at radius 3 is 3.22 bits per heavy atom. The van der Waals surface area contributed by atoms with Crippen molar-refractivity contribution in [1.29, 1.82) is 0 Å². The summed E-state index contributed by atoms with van der Waals surface area (Å²) in [5.41, 5.74) is 0. The predicted octanol–water partition coefficient (Wildman–Crippen LogP) is 0.952. The van der Waals surface area contributed by atoms with E-state index in [0.717, 1.165) is 23.3 Å². The van der Waals surface area contributed by atoms with Crippen LogP contribution >= 0.6 is 15.9 Å². The van der Waals surface area contributed by atoms with Gasteiger partial charge in [0.25, 0.3) is 0 Å². The minimum atomic E-state index is -0.129. The lowest BCUT2D eigenvalue weighted by Gasteiger charge is -2.34. The molecule has 0 aliphatic carbocycles. The van der Waals surface area contributed by atoms with Crippen molar-refractivity contribution in [2.24, 2.45) is 0 Å². The molecule has 6 heteroatoms. The zero-order chi connectivity index (χ0) is 13.0. The summed E-state index contributed by atoms with van der Waals surface area (Å²) < 4.78 is 6.37. The van der Waals surface area contributed by atoms with Crippen molar-refractivity contribution in [3.8, 4) is 0 Å². The Bertz CT molecular complexity index is 408. The summed E-state index contributed by atoms with van der Waals surface area (Å²) in [6, 6.07) is 1.74. The largest absolute Gasteiger partial charge is 0.467 e. The Kier molecular flexibility index (Phi) is 4.79. The standard InChI is InChI=1S/C12H18BrN3O2/c1-2-15-12(17)10-7-14-4-5-16(10)8-11-9(13)3-6-18-11/h3,6,10,14H,2,4-5,7-8H2,1H3,(H,15,17). The number of carbonyl (C=O) groups is 1. The molecule has 1 saturated heterocycles. The highest BCUT2D eigenvalue weighted by Gasteiger charge is 2.29. The van der Waals surface area contributed by atoms with Gasteiger partial charge in [-0.3, -0.25) is 9.69 Å². The van der Waals surface area contributed by atoms with E-state index in [9.17, 15) is 4.79 Å². The number of nitrogens with one attached hydrogen (secondary N) is 2. The second-order valence-corrected chi connectivity index (χ2v) is 5.13. The van der Waals surface area contributed by atoms with Crippen molar-refractivity contribution in [2.45, 2.75) is 19.5 Å². The highest BCUT2D eigenvalue weighted by atomic mass is 79.9. The number of carbonyl (C=O) groups excluding carboxylic acids is 1. The first-order chi connectivity index (χ1) is 8.72. The molecule has 2 N–H and O–H groups in total. The van der Waals surface area contributed by atoms with Gasteiger partial charge in [-0.15, -0.1) is 0 Å². The molecule has 0 radical (unpaired) electrons. The monoisotopic (exact) mass is 315 g/mol. The van der Waals surface area contributed by atoms with Gasteiger partial charge in [0.2, 0.25) is 5.91 Å². The van der Waals surface area contributed by atoms with Gasteiger partial charge < -0.3 is 15.1 Å².